The van der Waals surface area contributed by atoms with Crippen molar-refractivity contribution in [2.45, 2.75) is 13.0 Å². The molecule has 0 saturated carbocycles. The summed E-state index contributed by atoms with van der Waals surface area (Å²) in [6.07, 6.45) is 6.56. The lowest BCUT2D eigenvalue weighted by Crippen LogP contribution is -2.24. The zero-order valence-electron chi connectivity index (χ0n) is 13.8. The van der Waals surface area contributed by atoms with E-state index in [9.17, 15) is 4.79 Å². The van der Waals surface area contributed by atoms with E-state index >= 15 is 0 Å². The fourth-order valence-electron chi connectivity index (χ4n) is 2.27. The Labute approximate surface area is 165 Å². The molecule has 132 valence electrons. The monoisotopic (exact) mass is 403 g/mol. The molecule has 1 N–H and O–H groups in total. The molecule has 1 amide bonds. The van der Waals surface area contributed by atoms with Crippen molar-refractivity contribution in [3.63, 3.8) is 0 Å². The normalized spacial score (nSPS) is 12.3. The zero-order valence-corrected chi connectivity index (χ0v) is 16.1. The molecule has 3 rings (SSSR count). The van der Waals surface area contributed by atoms with Gasteiger partial charge in [-0.25, -0.2) is 4.98 Å². The molecule has 2 aromatic heterocycles. The van der Waals surface area contributed by atoms with Gasteiger partial charge in [0.1, 0.15) is 5.01 Å². The van der Waals surface area contributed by atoms with Crippen LogP contribution >= 0.6 is 34.5 Å². The maximum atomic E-state index is 12.2. The molecule has 0 fully saturated rings. The Hall–Kier alpha value is -2.21. The van der Waals surface area contributed by atoms with Crippen LogP contribution in [0, 0.1) is 0 Å². The van der Waals surface area contributed by atoms with Gasteiger partial charge in [-0.1, -0.05) is 35.3 Å². The summed E-state index contributed by atoms with van der Waals surface area (Å²) in [4.78, 5) is 20.8. The fraction of sp³-hybridized carbons (Fsp3) is 0.105. The van der Waals surface area contributed by atoms with Gasteiger partial charge in [0.15, 0.2) is 0 Å². The van der Waals surface area contributed by atoms with E-state index in [0.717, 1.165) is 16.3 Å². The minimum absolute atomic E-state index is 0.211. The Morgan fingerprint density at radius 2 is 2.12 bits per heavy atom. The van der Waals surface area contributed by atoms with Crippen molar-refractivity contribution < 1.29 is 4.79 Å². The van der Waals surface area contributed by atoms with Gasteiger partial charge in [0.25, 0.3) is 0 Å². The number of hydrogen-bond acceptors (Lipinski definition) is 4. The molecule has 0 aliphatic rings. The molecule has 1 atom stereocenters. The predicted octanol–water partition coefficient (Wildman–Crippen LogP) is 5.40. The molecule has 2 heterocycles. The molecular weight excluding hydrogens is 389 g/mol. The molecule has 0 spiro atoms. The topological polar surface area (TPSA) is 54.9 Å². The highest BCUT2D eigenvalue weighted by atomic mass is 35.5. The van der Waals surface area contributed by atoms with E-state index in [4.69, 9.17) is 23.2 Å². The second kappa shape index (κ2) is 8.45. The van der Waals surface area contributed by atoms with Gasteiger partial charge in [0.2, 0.25) is 5.91 Å². The third-order valence-corrected chi connectivity index (χ3v) is 5.47. The summed E-state index contributed by atoms with van der Waals surface area (Å²) in [5.41, 5.74) is 2.49. The van der Waals surface area contributed by atoms with E-state index in [-0.39, 0.29) is 11.9 Å². The van der Waals surface area contributed by atoms with Crippen LogP contribution in [0.25, 0.3) is 17.3 Å². The summed E-state index contributed by atoms with van der Waals surface area (Å²) in [5, 5.41) is 6.55. The van der Waals surface area contributed by atoms with E-state index in [1.165, 1.54) is 17.4 Å². The van der Waals surface area contributed by atoms with Crippen LogP contribution in [0.1, 0.15) is 23.5 Å². The van der Waals surface area contributed by atoms with Crippen LogP contribution in [-0.2, 0) is 4.79 Å². The number of carbonyl (C=O) groups excluding carboxylic acids is 1. The van der Waals surface area contributed by atoms with E-state index in [0.29, 0.717) is 15.6 Å². The van der Waals surface area contributed by atoms with E-state index in [2.05, 4.69) is 15.3 Å². The van der Waals surface area contributed by atoms with Gasteiger partial charge >= 0.3 is 0 Å². The molecule has 3 aromatic rings. The Balaban J connectivity index is 1.65. The standard InChI is InChI=1S/C19H15Cl2N3OS/c1-12(19-24-16(11-26-19)14-5-3-9-22-10-14)23-17(25)8-7-13-4-2-6-15(20)18(13)21/h2-12H,1H3,(H,23,25)/b8-7+. The SMILES string of the molecule is CC(NC(=O)/C=C/c1cccc(Cl)c1Cl)c1nc(-c2cccnc2)cs1. The number of nitrogens with zero attached hydrogens (tertiary/aromatic N) is 2. The first-order valence-corrected chi connectivity index (χ1v) is 9.46. The first-order valence-electron chi connectivity index (χ1n) is 7.83. The Morgan fingerprint density at radius 3 is 2.88 bits per heavy atom. The number of aromatic nitrogens is 2. The molecule has 7 heteroatoms. The predicted molar refractivity (Wildman–Crippen MR) is 107 cm³/mol. The number of carbonyl (C=O) groups is 1. The number of amides is 1. The summed E-state index contributed by atoms with van der Waals surface area (Å²) in [7, 11) is 0. The van der Waals surface area contributed by atoms with Gasteiger partial charge in [-0.3, -0.25) is 9.78 Å². The smallest absolute Gasteiger partial charge is 0.244 e. The van der Waals surface area contributed by atoms with Crippen LogP contribution in [0.4, 0.5) is 0 Å². The van der Waals surface area contributed by atoms with Gasteiger partial charge in [0, 0.05) is 29.4 Å². The van der Waals surface area contributed by atoms with Crippen molar-refractivity contribution in [2.75, 3.05) is 0 Å². The van der Waals surface area contributed by atoms with Crippen LogP contribution in [0.3, 0.4) is 0 Å². The Morgan fingerprint density at radius 1 is 1.27 bits per heavy atom. The molecule has 0 bridgehead atoms. The molecule has 0 saturated heterocycles. The highest BCUT2D eigenvalue weighted by Gasteiger charge is 2.13. The molecule has 0 radical (unpaired) electrons. The quantitative estimate of drug-likeness (QED) is 0.579. The lowest BCUT2D eigenvalue weighted by molar-refractivity contribution is -0.117. The van der Waals surface area contributed by atoms with Crippen molar-refractivity contribution >= 4 is 46.5 Å². The van der Waals surface area contributed by atoms with Crippen molar-refractivity contribution in [3.05, 3.63) is 74.8 Å². The van der Waals surface area contributed by atoms with E-state index in [1.807, 2.05) is 24.4 Å². The number of pyridine rings is 1. The van der Waals surface area contributed by atoms with Crippen molar-refractivity contribution in [1.82, 2.24) is 15.3 Å². The van der Waals surface area contributed by atoms with Gasteiger partial charge in [-0.2, -0.15) is 0 Å². The fourth-order valence-corrected chi connectivity index (χ4v) is 3.48. The second-order valence-electron chi connectivity index (χ2n) is 5.52. The Kier molecular flexibility index (Phi) is 6.04. The number of halogens is 2. The van der Waals surface area contributed by atoms with Gasteiger partial charge in [0.05, 0.1) is 21.8 Å². The highest BCUT2D eigenvalue weighted by molar-refractivity contribution is 7.10. The lowest BCUT2D eigenvalue weighted by Gasteiger charge is -2.09. The van der Waals surface area contributed by atoms with Crippen LogP contribution in [0.5, 0.6) is 0 Å². The zero-order chi connectivity index (χ0) is 18.5. The Bertz CT molecular complexity index is 941. The van der Waals surface area contributed by atoms with Crippen molar-refractivity contribution in [2.24, 2.45) is 0 Å². The average molecular weight is 404 g/mol. The van der Waals surface area contributed by atoms with Gasteiger partial charge in [-0.15, -0.1) is 11.3 Å². The second-order valence-corrected chi connectivity index (χ2v) is 7.19. The minimum Gasteiger partial charge on any atom is -0.344 e. The van der Waals surface area contributed by atoms with Crippen LogP contribution < -0.4 is 5.32 Å². The molecule has 0 aliphatic heterocycles. The number of hydrogen-bond donors (Lipinski definition) is 1. The van der Waals surface area contributed by atoms with Crippen molar-refractivity contribution in [3.8, 4) is 11.3 Å². The maximum Gasteiger partial charge on any atom is 0.244 e. The number of nitrogens with one attached hydrogen (secondary N) is 1. The molecule has 0 aliphatic carbocycles. The summed E-state index contributed by atoms with van der Waals surface area (Å²) < 4.78 is 0. The summed E-state index contributed by atoms with van der Waals surface area (Å²) >= 11 is 13.6. The van der Waals surface area contributed by atoms with E-state index in [1.54, 1.807) is 36.7 Å². The molecule has 1 unspecified atom stereocenters. The summed E-state index contributed by atoms with van der Waals surface area (Å²) in [6, 6.07) is 8.88. The lowest BCUT2D eigenvalue weighted by atomic mass is 10.2. The summed E-state index contributed by atoms with van der Waals surface area (Å²) in [6.45, 7) is 1.89. The first kappa shape index (κ1) is 18.6. The van der Waals surface area contributed by atoms with Gasteiger partial charge < -0.3 is 5.32 Å². The minimum atomic E-state index is -0.230. The van der Waals surface area contributed by atoms with Gasteiger partial charge in [-0.05, 0) is 36.8 Å². The molecular formula is C19H15Cl2N3OS. The largest absolute Gasteiger partial charge is 0.344 e. The summed E-state index contributed by atoms with van der Waals surface area (Å²) in [5.74, 6) is -0.230. The maximum absolute atomic E-state index is 12.2. The van der Waals surface area contributed by atoms with Crippen LogP contribution in [0.15, 0.2) is 54.2 Å². The third kappa shape index (κ3) is 4.49. The van der Waals surface area contributed by atoms with Crippen LogP contribution in [-0.4, -0.2) is 15.9 Å². The average Bonchev–Trinajstić information content (AvgIpc) is 3.14. The number of benzene rings is 1. The molecule has 1 aromatic carbocycles. The molecule has 4 nitrogen and oxygen atoms in total. The third-order valence-electron chi connectivity index (χ3n) is 3.60. The van der Waals surface area contributed by atoms with E-state index < -0.39 is 0 Å². The highest BCUT2D eigenvalue weighted by Crippen LogP contribution is 2.27. The first-order chi connectivity index (χ1) is 12.5. The molecule has 26 heavy (non-hydrogen) atoms. The van der Waals surface area contributed by atoms with Crippen LogP contribution in [0.2, 0.25) is 10.0 Å². The number of thiazole rings is 1. The number of rotatable bonds is 5. The van der Waals surface area contributed by atoms with Crippen molar-refractivity contribution in [1.29, 1.82) is 0 Å².